The topological polar surface area (TPSA) is 49.6 Å². The first kappa shape index (κ1) is 20.0. The SMILES string of the molecule is CC(C)[C@]1(C(=O)N2CCN(c3cccc(C(F)(F)F)c3)CC2)CC[C@@H](N)C1. The minimum absolute atomic E-state index is 0.0720. The van der Waals surface area contributed by atoms with Gasteiger partial charge in [-0.05, 0) is 43.4 Å². The first-order chi connectivity index (χ1) is 12.6. The Morgan fingerprint density at radius 1 is 1.22 bits per heavy atom. The summed E-state index contributed by atoms with van der Waals surface area (Å²) in [4.78, 5) is 17.0. The average Bonchev–Trinajstić information content (AvgIpc) is 3.04. The molecular weight excluding hydrogens is 355 g/mol. The number of benzene rings is 1. The lowest BCUT2D eigenvalue weighted by Crippen LogP contribution is -2.54. The van der Waals surface area contributed by atoms with Crippen LogP contribution in [0.5, 0.6) is 0 Å². The second-order valence-corrected chi connectivity index (χ2v) is 8.14. The van der Waals surface area contributed by atoms with Crippen LogP contribution in [0.3, 0.4) is 0 Å². The van der Waals surface area contributed by atoms with Crippen LogP contribution in [-0.2, 0) is 11.0 Å². The normalized spacial score (nSPS) is 26.7. The van der Waals surface area contributed by atoms with Gasteiger partial charge in [-0.3, -0.25) is 4.79 Å². The molecular formula is C20H28F3N3O. The van der Waals surface area contributed by atoms with E-state index in [1.807, 2.05) is 9.80 Å². The molecule has 1 amide bonds. The second-order valence-electron chi connectivity index (χ2n) is 8.14. The monoisotopic (exact) mass is 383 g/mol. The van der Waals surface area contributed by atoms with E-state index in [4.69, 9.17) is 5.73 Å². The molecule has 3 rings (SSSR count). The van der Waals surface area contributed by atoms with Gasteiger partial charge in [0, 0.05) is 37.9 Å². The number of carbonyl (C=O) groups excluding carboxylic acids is 1. The fraction of sp³-hybridized carbons (Fsp3) is 0.650. The number of alkyl halides is 3. The van der Waals surface area contributed by atoms with Crippen molar-refractivity contribution in [1.29, 1.82) is 0 Å². The molecule has 7 heteroatoms. The number of nitrogens with zero attached hydrogens (tertiary/aromatic N) is 2. The van der Waals surface area contributed by atoms with Gasteiger partial charge in [0.05, 0.1) is 11.0 Å². The van der Waals surface area contributed by atoms with Crippen molar-refractivity contribution >= 4 is 11.6 Å². The van der Waals surface area contributed by atoms with E-state index in [9.17, 15) is 18.0 Å². The van der Waals surface area contributed by atoms with E-state index in [1.165, 1.54) is 12.1 Å². The summed E-state index contributed by atoms with van der Waals surface area (Å²) in [5, 5.41) is 0. The van der Waals surface area contributed by atoms with Gasteiger partial charge in [0.2, 0.25) is 5.91 Å². The molecule has 1 saturated carbocycles. The van der Waals surface area contributed by atoms with Crippen LogP contribution < -0.4 is 10.6 Å². The molecule has 2 aliphatic rings. The number of halogens is 3. The van der Waals surface area contributed by atoms with E-state index in [2.05, 4.69) is 13.8 Å². The van der Waals surface area contributed by atoms with Crippen LogP contribution in [0, 0.1) is 11.3 Å². The van der Waals surface area contributed by atoms with Crippen LogP contribution >= 0.6 is 0 Å². The molecule has 1 aromatic carbocycles. The number of anilines is 1. The lowest BCUT2D eigenvalue weighted by Gasteiger charge is -2.42. The number of nitrogens with two attached hydrogens (primary N) is 1. The molecule has 1 heterocycles. The highest BCUT2D eigenvalue weighted by Gasteiger charge is 2.48. The van der Waals surface area contributed by atoms with Gasteiger partial charge in [-0.2, -0.15) is 13.2 Å². The Labute approximate surface area is 158 Å². The van der Waals surface area contributed by atoms with Crippen LogP contribution in [0.4, 0.5) is 18.9 Å². The largest absolute Gasteiger partial charge is 0.416 e. The zero-order valence-corrected chi connectivity index (χ0v) is 15.9. The van der Waals surface area contributed by atoms with Gasteiger partial charge in [0.1, 0.15) is 0 Å². The van der Waals surface area contributed by atoms with Crippen molar-refractivity contribution in [3.63, 3.8) is 0 Å². The Morgan fingerprint density at radius 3 is 2.41 bits per heavy atom. The second kappa shape index (κ2) is 7.34. The summed E-state index contributed by atoms with van der Waals surface area (Å²) in [6.07, 6.45) is -1.94. The number of rotatable bonds is 3. The molecule has 2 N–H and O–H groups in total. The van der Waals surface area contributed by atoms with Crippen LogP contribution in [0.1, 0.15) is 38.7 Å². The highest BCUT2D eigenvalue weighted by atomic mass is 19.4. The Morgan fingerprint density at radius 2 is 1.89 bits per heavy atom. The Kier molecular flexibility index (Phi) is 5.43. The minimum Gasteiger partial charge on any atom is -0.368 e. The predicted octanol–water partition coefficient (Wildman–Crippen LogP) is 3.51. The van der Waals surface area contributed by atoms with Gasteiger partial charge in [0.25, 0.3) is 0 Å². The van der Waals surface area contributed by atoms with E-state index in [-0.39, 0.29) is 17.9 Å². The summed E-state index contributed by atoms with van der Waals surface area (Å²) in [7, 11) is 0. The van der Waals surface area contributed by atoms with E-state index in [0.717, 1.165) is 25.3 Å². The third-order valence-electron chi connectivity index (χ3n) is 6.22. The average molecular weight is 383 g/mol. The fourth-order valence-corrected chi connectivity index (χ4v) is 4.44. The molecule has 27 heavy (non-hydrogen) atoms. The third kappa shape index (κ3) is 3.93. The summed E-state index contributed by atoms with van der Waals surface area (Å²) in [6, 6.07) is 5.46. The molecule has 1 aliphatic carbocycles. The molecule has 1 aromatic rings. The van der Waals surface area contributed by atoms with Crippen LogP contribution in [-0.4, -0.2) is 43.0 Å². The van der Waals surface area contributed by atoms with Crippen molar-refractivity contribution in [2.75, 3.05) is 31.1 Å². The van der Waals surface area contributed by atoms with Crippen molar-refractivity contribution in [2.45, 2.75) is 45.3 Å². The molecule has 0 spiro atoms. The highest BCUT2D eigenvalue weighted by molar-refractivity contribution is 5.84. The zero-order valence-electron chi connectivity index (χ0n) is 15.9. The molecule has 0 radical (unpaired) electrons. The minimum atomic E-state index is -4.35. The maximum Gasteiger partial charge on any atom is 0.416 e. The van der Waals surface area contributed by atoms with Crippen LogP contribution in [0.15, 0.2) is 24.3 Å². The fourth-order valence-electron chi connectivity index (χ4n) is 4.44. The smallest absolute Gasteiger partial charge is 0.368 e. The molecule has 150 valence electrons. The molecule has 0 unspecified atom stereocenters. The zero-order chi connectivity index (χ0) is 19.8. The third-order valence-corrected chi connectivity index (χ3v) is 6.22. The Hall–Kier alpha value is -1.76. The molecule has 0 bridgehead atoms. The van der Waals surface area contributed by atoms with Gasteiger partial charge < -0.3 is 15.5 Å². The summed E-state index contributed by atoms with van der Waals surface area (Å²) < 4.78 is 38.8. The number of amides is 1. The summed E-state index contributed by atoms with van der Waals surface area (Å²) in [6.45, 7) is 6.28. The maximum atomic E-state index is 13.2. The van der Waals surface area contributed by atoms with Gasteiger partial charge in [-0.25, -0.2) is 0 Å². The Bertz CT molecular complexity index is 683. The van der Waals surface area contributed by atoms with Crippen LogP contribution in [0.25, 0.3) is 0 Å². The lowest BCUT2D eigenvalue weighted by molar-refractivity contribution is -0.145. The van der Waals surface area contributed by atoms with E-state index in [1.54, 1.807) is 6.07 Å². The first-order valence-electron chi connectivity index (χ1n) is 9.60. The molecule has 2 fully saturated rings. The van der Waals surface area contributed by atoms with Gasteiger partial charge in [-0.1, -0.05) is 19.9 Å². The van der Waals surface area contributed by atoms with Gasteiger partial charge in [-0.15, -0.1) is 0 Å². The number of hydrogen-bond donors (Lipinski definition) is 1. The summed E-state index contributed by atoms with van der Waals surface area (Å²) in [5.41, 5.74) is 5.61. The number of piperazine rings is 1. The molecule has 0 aromatic heterocycles. The number of carbonyl (C=O) groups is 1. The quantitative estimate of drug-likeness (QED) is 0.869. The van der Waals surface area contributed by atoms with E-state index >= 15 is 0 Å². The van der Waals surface area contributed by atoms with E-state index in [0.29, 0.717) is 31.9 Å². The highest BCUT2D eigenvalue weighted by Crippen LogP contribution is 2.45. The maximum absolute atomic E-state index is 13.2. The summed E-state index contributed by atoms with van der Waals surface area (Å²) >= 11 is 0. The van der Waals surface area contributed by atoms with Gasteiger partial charge >= 0.3 is 6.18 Å². The van der Waals surface area contributed by atoms with Crippen molar-refractivity contribution in [3.05, 3.63) is 29.8 Å². The predicted molar refractivity (Wildman–Crippen MR) is 99.3 cm³/mol. The Balaban J connectivity index is 1.68. The number of hydrogen-bond acceptors (Lipinski definition) is 3. The van der Waals surface area contributed by atoms with Crippen molar-refractivity contribution in [1.82, 2.24) is 4.90 Å². The van der Waals surface area contributed by atoms with Crippen molar-refractivity contribution in [2.24, 2.45) is 17.1 Å². The van der Waals surface area contributed by atoms with E-state index < -0.39 is 17.2 Å². The molecule has 1 saturated heterocycles. The van der Waals surface area contributed by atoms with Crippen molar-refractivity contribution < 1.29 is 18.0 Å². The van der Waals surface area contributed by atoms with Gasteiger partial charge in [0.15, 0.2) is 0 Å². The molecule has 1 aliphatic heterocycles. The lowest BCUT2D eigenvalue weighted by atomic mass is 9.74. The molecule has 2 atom stereocenters. The molecule has 4 nitrogen and oxygen atoms in total. The van der Waals surface area contributed by atoms with Crippen molar-refractivity contribution in [3.8, 4) is 0 Å². The summed E-state index contributed by atoms with van der Waals surface area (Å²) in [5.74, 6) is 0.384. The van der Waals surface area contributed by atoms with Crippen LogP contribution in [0.2, 0.25) is 0 Å². The standard InChI is InChI=1S/C20H28F3N3O/c1-14(2)19(7-6-16(24)13-19)18(27)26-10-8-25(9-11-26)17-5-3-4-15(12-17)20(21,22)23/h3-5,12,14,16H,6-11,13,24H2,1-2H3/t16-,19+/m1/s1. The first-order valence-corrected chi connectivity index (χ1v) is 9.60.